The fraction of sp³-hybridized carbons (Fsp3) is 0.526. The van der Waals surface area contributed by atoms with Gasteiger partial charge in [-0.1, -0.05) is 44.2 Å². The summed E-state index contributed by atoms with van der Waals surface area (Å²) in [5.41, 5.74) is -2.14. The summed E-state index contributed by atoms with van der Waals surface area (Å²) in [4.78, 5) is 38.0. The molecular formula is C38H44F6N4O5. The lowest BCUT2D eigenvalue weighted by Gasteiger charge is -2.47. The van der Waals surface area contributed by atoms with Gasteiger partial charge in [0, 0.05) is 24.7 Å². The first-order valence-electron chi connectivity index (χ1n) is 17.8. The van der Waals surface area contributed by atoms with E-state index in [1.54, 1.807) is 9.80 Å². The molecule has 5 rings (SSSR count). The van der Waals surface area contributed by atoms with Crippen molar-refractivity contribution in [3.63, 3.8) is 0 Å². The number of nitrogens with zero attached hydrogens (tertiary/aromatic N) is 4. The van der Waals surface area contributed by atoms with Crippen molar-refractivity contribution in [2.75, 3.05) is 12.0 Å². The summed E-state index contributed by atoms with van der Waals surface area (Å²) in [7, 11) is 1.34. The van der Waals surface area contributed by atoms with E-state index in [0.29, 0.717) is 57.1 Å². The number of methoxy groups -OCH3 is 1. The van der Waals surface area contributed by atoms with Crippen molar-refractivity contribution in [2.24, 2.45) is 5.92 Å². The molecule has 1 saturated heterocycles. The standard InChI is InChI=1S/C38H44F6N4O5/c1-4-29-18-31(19-30(5-2)48(29)36(50)53-32-13-11-26(12-14-32)34(49)51-3)47(22-25-15-27(37(39,40)41)17-28(16-25)38(42,43)44)35-45-20-33(21-46-35)52-23-24-9-7-6-8-10-24/h6-10,15-17,20-21,26,29-32H,4-5,11-14,18-19,22-23H2,1-3H3/t26-,29-,30+,31+,32-. The third-order valence-electron chi connectivity index (χ3n) is 10.1. The van der Waals surface area contributed by atoms with E-state index in [0.717, 1.165) is 17.7 Å². The van der Waals surface area contributed by atoms with Crippen LogP contribution in [0.1, 0.15) is 87.5 Å². The Morgan fingerprint density at radius 2 is 1.40 bits per heavy atom. The summed E-state index contributed by atoms with van der Waals surface area (Å²) in [5.74, 6) is -0.0982. The molecule has 0 bridgehead atoms. The van der Waals surface area contributed by atoms with Gasteiger partial charge in [-0.05, 0) is 80.7 Å². The largest absolute Gasteiger partial charge is 0.486 e. The maximum Gasteiger partial charge on any atom is 0.416 e. The van der Waals surface area contributed by atoms with Crippen LogP contribution in [0.2, 0.25) is 0 Å². The quantitative estimate of drug-likeness (QED) is 0.142. The third-order valence-corrected chi connectivity index (χ3v) is 10.1. The van der Waals surface area contributed by atoms with Crippen LogP contribution in [0.3, 0.4) is 0 Å². The number of likely N-dealkylation sites (tertiary alicyclic amines) is 1. The van der Waals surface area contributed by atoms with Gasteiger partial charge in [-0.3, -0.25) is 4.79 Å². The van der Waals surface area contributed by atoms with Crippen LogP contribution in [-0.4, -0.2) is 58.3 Å². The number of anilines is 1. The molecule has 2 aromatic carbocycles. The van der Waals surface area contributed by atoms with Crippen LogP contribution in [0.15, 0.2) is 60.9 Å². The summed E-state index contributed by atoms with van der Waals surface area (Å²) in [6.45, 7) is 3.69. The van der Waals surface area contributed by atoms with Gasteiger partial charge in [0.25, 0.3) is 0 Å². The minimum absolute atomic E-state index is 0.0936. The van der Waals surface area contributed by atoms with Crippen LogP contribution in [0.25, 0.3) is 0 Å². The summed E-state index contributed by atoms with van der Waals surface area (Å²) in [6, 6.07) is 9.72. The van der Waals surface area contributed by atoms with E-state index >= 15 is 0 Å². The molecule has 1 aromatic heterocycles. The van der Waals surface area contributed by atoms with Gasteiger partial charge in [-0.25, -0.2) is 14.8 Å². The van der Waals surface area contributed by atoms with Gasteiger partial charge in [-0.2, -0.15) is 26.3 Å². The van der Waals surface area contributed by atoms with Crippen LogP contribution < -0.4 is 9.64 Å². The smallest absolute Gasteiger partial charge is 0.416 e. The number of ether oxygens (including phenoxy) is 3. The molecule has 2 fully saturated rings. The van der Waals surface area contributed by atoms with Crippen molar-refractivity contribution < 1.29 is 50.1 Å². The highest BCUT2D eigenvalue weighted by atomic mass is 19.4. The Balaban J connectivity index is 1.41. The maximum absolute atomic E-state index is 13.9. The predicted molar refractivity (Wildman–Crippen MR) is 183 cm³/mol. The van der Waals surface area contributed by atoms with Crippen molar-refractivity contribution in [2.45, 2.75) is 115 Å². The van der Waals surface area contributed by atoms with E-state index in [-0.39, 0.29) is 60.8 Å². The van der Waals surface area contributed by atoms with Crippen molar-refractivity contribution in [3.05, 3.63) is 83.2 Å². The molecule has 3 atom stereocenters. The minimum Gasteiger partial charge on any atom is -0.486 e. The van der Waals surface area contributed by atoms with Gasteiger partial charge in [-0.15, -0.1) is 0 Å². The highest BCUT2D eigenvalue weighted by Crippen LogP contribution is 2.39. The number of amides is 1. The third kappa shape index (κ3) is 10.1. The molecule has 1 amide bonds. The summed E-state index contributed by atoms with van der Waals surface area (Å²) >= 11 is 0. The minimum atomic E-state index is -5.01. The topological polar surface area (TPSA) is 94.1 Å². The van der Waals surface area contributed by atoms with Crippen LogP contribution in [0.5, 0.6) is 5.75 Å². The summed E-state index contributed by atoms with van der Waals surface area (Å²) < 4.78 is 99.8. The molecule has 15 heteroatoms. The molecule has 2 heterocycles. The average Bonchev–Trinajstić information content (AvgIpc) is 3.15. The Morgan fingerprint density at radius 1 is 0.830 bits per heavy atom. The Morgan fingerprint density at radius 3 is 1.91 bits per heavy atom. The lowest BCUT2D eigenvalue weighted by Crippen LogP contribution is -2.57. The van der Waals surface area contributed by atoms with Gasteiger partial charge in [0.1, 0.15) is 12.7 Å². The van der Waals surface area contributed by atoms with Crippen molar-refractivity contribution >= 4 is 18.0 Å². The SMILES string of the molecule is CC[C@@H]1C[C@H](N(Cc2cc(C(F)(F)F)cc(C(F)(F)F)c2)c2ncc(OCc3ccccc3)cn2)C[C@H](CC)N1C(=O)O[C@H]1CC[C@H](C(=O)OC)CC1. The van der Waals surface area contributed by atoms with E-state index in [9.17, 15) is 35.9 Å². The number of benzene rings is 2. The van der Waals surface area contributed by atoms with Crippen molar-refractivity contribution in [1.29, 1.82) is 0 Å². The molecule has 3 aromatic rings. The lowest BCUT2D eigenvalue weighted by molar-refractivity contribution is -0.147. The summed E-state index contributed by atoms with van der Waals surface area (Å²) in [6.07, 6.45) is -4.24. The Hall–Kier alpha value is -4.56. The van der Waals surface area contributed by atoms with E-state index in [1.807, 2.05) is 44.2 Å². The fourth-order valence-corrected chi connectivity index (χ4v) is 7.26. The molecule has 0 unspecified atom stereocenters. The van der Waals surface area contributed by atoms with Crippen LogP contribution in [0.4, 0.5) is 37.1 Å². The molecule has 1 saturated carbocycles. The Labute approximate surface area is 304 Å². The molecule has 2 aliphatic rings. The van der Waals surface area contributed by atoms with Gasteiger partial charge in [0.2, 0.25) is 5.95 Å². The fourth-order valence-electron chi connectivity index (χ4n) is 7.26. The van der Waals surface area contributed by atoms with Crippen LogP contribution >= 0.6 is 0 Å². The van der Waals surface area contributed by atoms with Gasteiger partial charge in [0.15, 0.2) is 5.75 Å². The zero-order chi connectivity index (χ0) is 38.3. The normalized spacial score (nSPS) is 22.2. The molecule has 53 heavy (non-hydrogen) atoms. The van der Waals surface area contributed by atoms with Gasteiger partial charge < -0.3 is 24.0 Å². The molecule has 0 radical (unpaired) electrons. The van der Waals surface area contributed by atoms with Gasteiger partial charge in [0.05, 0.1) is 36.5 Å². The number of piperidine rings is 1. The first-order chi connectivity index (χ1) is 25.2. The number of hydrogen-bond acceptors (Lipinski definition) is 8. The predicted octanol–water partition coefficient (Wildman–Crippen LogP) is 8.99. The molecule has 0 N–H and O–H groups in total. The maximum atomic E-state index is 13.9. The number of esters is 1. The number of halogens is 6. The van der Waals surface area contributed by atoms with Gasteiger partial charge >= 0.3 is 24.4 Å². The first-order valence-corrected chi connectivity index (χ1v) is 17.8. The zero-order valence-electron chi connectivity index (χ0n) is 29.8. The first kappa shape index (κ1) is 39.6. The lowest BCUT2D eigenvalue weighted by atomic mass is 9.87. The molecule has 0 spiro atoms. The Bertz CT molecular complexity index is 1620. The molecule has 288 valence electrons. The number of hydrogen-bond donors (Lipinski definition) is 0. The zero-order valence-corrected chi connectivity index (χ0v) is 29.8. The molecule has 1 aliphatic carbocycles. The number of carbonyl (C=O) groups excluding carboxylic acids is 2. The number of alkyl halides is 6. The van der Waals surface area contributed by atoms with E-state index in [4.69, 9.17) is 14.2 Å². The van der Waals surface area contributed by atoms with Crippen molar-refractivity contribution in [1.82, 2.24) is 14.9 Å². The second-order valence-corrected chi connectivity index (χ2v) is 13.6. The summed E-state index contributed by atoms with van der Waals surface area (Å²) in [5, 5.41) is 0. The Kier molecular flexibility index (Phi) is 12.8. The highest BCUT2D eigenvalue weighted by Gasteiger charge is 2.42. The molecular weight excluding hydrogens is 706 g/mol. The average molecular weight is 751 g/mol. The second kappa shape index (κ2) is 17.1. The van der Waals surface area contributed by atoms with E-state index in [2.05, 4.69) is 9.97 Å². The molecule has 1 aliphatic heterocycles. The van der Waals surface area contributed by atoms with E-state index in [1.165, 1.54) is 19.5 Å². The van der Waals surface area contributed by atoms with Crippen LogP contribution in [-0.2, 0) is 39.8 Å². The number of rotatable bonds is 11. The second-order valence-electron chi connectivity index (χ2n) is 13.6. The highest BCUT2D eigenvalue weighted by molar-refractivity contribution is 5.72. The molecule has 9 nitrogen and oxygen atoms in total. The number of aromatic nitrogens is 2. The monoisotopic (exact) mass is 750 g/mol. The van der Waals surface area contributed by atoms with E-state index < -0.39 is 35.6 Å². The van der Waals surface area contributed by atoms with Crippen molar-refractivity contribution in [3.8, 4) is 5.75 Å². The number of carbonyl (C=O) groups is 2. The van der Waals surface area contributed by atoms with Crippen LogP contribution in [0, 0.1) is 5.92 Å².